The van der Waals surface area contributed by atoms with Gasteiger partial charge in [-0.2, -0.15) is 0 Å². The smallest absolute Gasteiger partial charge is 0.375 e. The van der Waals surface area contributed by atoms with Crippen LogP contribution >= 0.6 is 11.6 Å². The highest BCUT2D eigenvalue weighted by atomic mass is 35.5. The highest BCUT2D eigenvalue weighted by Gasteiger charge is 2.44. The number of amides is 1. The van der Waals surface area contributed by atoms with Crippen LogP contribution in [0.4, 0.5) is 18.0 Å². The van der Waals surface area contributed by atoms with Crippen molar-refractivity contribution in [3.63, 3.8) is 0 Å². The topological polar surface area (TPSA) is 123 Å². The molecule has 0 spiro atoms. The van der Waals surface area contributed by atoms with Crippen molar-refractivity contribution in [1.82, 2.24) is 19.6 Å². The molecule has 40 heavy (non-hydrogen) atoms. The summed E-state index contributed by atoms with van der Waals surface area (Å²) in [7, 11) is -4.45. The van der Waals surface area contributed by atoms with Gasteiger partial charge in [-0.3, -0.25) is 5.32 Å². The van der Waals surface area contributed by atoms with Crippen molar-refractivity contribution in [2.24, 2.45) is 4.99 Å². The van der Waals surface area contributed by atoms with E-state index >= 15 is 4.39 Å². The summed E-state index contributed by atoms with van der Waals surface area (Å²) in [6.45, 7) is 7.95. The number of alkyl carbamates (subject to hydrolysis) is 1. The molecule has 16 heteroatoms. The predicted octanol–water partition coefficient (Wildman–Crippen LogP) is 4.76. The zero-order valence-electron chi connectivity index (χ0n) is 22.5. The summed E-state index contributed by atoms with van der Waals surface area (Å²) in [6.07, 6.45) is 1.97. The van der Waals surface area contributed by atoms with Crippen molar-refractivity contribution in [3.05, 3.63) is 58.1 Å². The lowest BCUT2D eigenvalue weighted by molar-refractivity contribution is 0.118. The van der Waals surface area contributed by atoms with E-state index in [0.29, 0.717) is 10.9 Å². The molecule has 1 amide bonds. The van der Waals surface area contributed by atoms with E-state index in [-0.39, 0.29) is 23.1 Å². The number of hydrogen-bond acceptors (Lipinski definition) is 8. The molecular formula is C24H29ClF3N5O5SSi. The van der Waals surface area contributed by atoms with E-state index in [4.69, 9.17) is 21.1 Å². The van der Waals surface area contributed by atoms with Gasteiger partial charge in [0.05, 0.1) is 18.1 Å². The summed E-state index contributed by atoms with van der Waals surface area (Å²) >= 11 is 5.65. The first-order chi connectivity index (χ1) is 18.5. The summed E-state index contributed by atoms with van der Waals surface area (Å²) in [5.41, 5.74) is -2.80. The van der Waals surface area contributed by atoms with Crippen molar-refractivity contribution in [1.29, 1.82) is 0 Å². The number of rotatable bonds is 8. The molecule has 218 valence electrons. The van der Waals surface area contributed by atoms with E-state index in [9.17, 15) is 22.0 Å². The molecule has 0 bridgehead atoms. The molecule has 0 saturated carbocycles. The number of nitrogens with zero attached hydrogens (tertiary/aromatic N) is 4. The summed E-state index contributed by atoms with van der Waals surface area (Å²) in [5.74, 6) is -4.49. The van der Waals surface area contributed by atoms with Gasteiger partial charge in [0, 0.05) is 27.3 Å². The van der Waals surface area contributed by atoms with Crippen molar-refractivity contribution in [2.45, 2.75) is 38.1 Å². The minimum atomic E-state index is -4.21. The Labute approximate surface area is 236 Å². The quantitative estimate of drug-likeness (QED) is 0.257. The van der Waals surface area contributed by atoms with Crippen molar-refractivity contribution in [2.75, 3.05) is 26.1 Å². The fourth-order valence-corrected chi connectivity index (χ4v) is 5.82. The molecule has 0 radical (unpaired) electrons. The van der Waals surface area contributed by atoms with Gasteiger partial charge in [0.15, 0.2) is 17.5 Å². The van der Waals surface area contributed by atoms with Crippen LogP contribution in [0.2, 0.25) is 30.8 Å². The number of nitrogens with one attached hydrogen (secondary N) is 1. The van der Waals surface area contributed by atoms with Gasteiger partial charge in [-0.1, -0.05) is 31.2 Å². The molecule has 2 heterocycles. The summed E-state index contributed by atoms with van der Waals surface area (Å²) in [5, 5.41) is 2.36. The van der Waals surface area contributed by atoms with Gasteiger partial charge < -0.3 is 9.47 Å². The third-order valence-corrected chi connectivity index (χ3v) is 9.60. The Morgan fingerprint density at radius 2 is 1.95 bits per heavy atom. The lowest BCUT2D eigenvalue weighted by Gasteiger charge is -2.35. The number of aromatic nitrogens is 2. The van der Waals surface area contributed by atoms with E-state index in [0.717, 1.165) is 43.7 Å². The third kappa shape index (κ3) is 8.02. The number of halogens is 4. The molecule has 1 aliphatic rings. The molecule has 1 aliphatic heterocycles. The number of carbonyl (C=O) groups excluding carboxylic acids is 1. The molecule has 1 aromatic heterocycles. The lowest BCUT2D eigenvalue weighted by atomic mass is 9.92. The first kappa shape index (κ1) is 31.5. The van der Waals surface area contributed by atoms with Gasteiger partial charge in [0.25, 0.3) is 0 Å². The largest absolute Gasteiger partial charge is 0.416 e. The van der Waals surface area contributed by atoms with E-state index in [2.05, 4.69) is 39.9 Å². The van der Waals surface area contributed by atoms with E-state index in [1.54, 1.807) is 0 Å². The number of hydrogen-bond donors (Lipinski definition) is 1. The highest BCUT2D eigenvalue weighted by molar-refractivity contribution is 7.89. The van der Waals surface area contributed by atoms with Crippen molar-refractivity contribution in [3.8, 4) is 0 Å². The van der Waals surface area contributed by atoms with E-state index in [1.165, 1.54) is 6.92 Å². The summed E-state index contributed by atoms with van der Waals surface area (Å²) in [6, 6.07) is 1.97. The van der Waals surface area contributed by atoms with Gasteiger partial charge in [0.1, 0.15) is 23.1 Å². The number of ether oxygens (including phenoxy) is 2. The monoisotopic (exact) mass is 619 g/mol. The minimum Gasteiger partial charge on any atom is -0.375 e. The Morgan fingerprint density at radius 3 is 2.58 bits per heavy atom. The van der Waals surface area contributed by atoms with Gasteiger partial charge in [-0.05, 0) is 36.7 Å². The molecule has 3 rings (SSSR count). The highest BCUT2D eigenvalue weighted by Crippen LogP contribution is 2.36. The van der Waals surface area contributed by atoms with Crippen LogP contribution in [0.25, 0.3) is 11.9 Å². The van der Waals surface area contributed by atoms with Gasteiger partial charge >= 0.3 is 12.1 Å². The second kappa shape index (κ2) is 12.2. The normalized spacial score (nSPS) is 19.3. The zero-order valence-corrected chi connectivity index (χ0v) is 25.0. The summed E-state index contributed by atoms with van der Waals surface area (Å²) < 4.78 is 81.4. The van der Waals surface area contributed by atoms with Crippen LogP contribution in [0.5, 0.6) is 0 Å². The van der Waals surface area contributed by atoms with Crippen LogP contribution in [0.15, 0.2) is 29.5 Å². The van der Waals surface area contributed by atoms with Crippen LogP contribution in [0.1, 0.15) is 23.7 Å². The Bertz CT molecular complexity index is 1440. The van der Waals surface area contributed by atoms with E-state index < -0.39 is 64.5 Å². The van der Waals surface area contributed by atoms with Crippen molar-refractivity contribution < 1.29 is 35.9 Å². The zero-order chi connectivity index (χ0) is 29.9. The fraction of sp³-hybridized carbons (Fsp3) is 0.417. The van der Waals surface area contributed by atoms with Crippen LogP contribution in [-0.4, -0.2) is 69.0 Å². The fourth-order valence-electron chi connectivity index (χ4n) is 3.53. The number of amidine groups is 1. The molecule has 1 aromatic carbocycles. The maximum Gasteiger partial charge on any atom is 0.416 e. The molecule has 1 atom stereocenters. The Balaban J connectivity index is 1.89. The maximum atomic E-state index is 15.0. The number of carbonyl (C=O) groups is 1. The van der Waals surface area contributed by atoms with Crippen LogP contribution in [0.3, 0.4) is 0 Å². The van der Waals surface area contributed by atoms with Gasteiger partial charge in [-0.15, -0.1) is 0 Å². The molecule has 2 aromatic rings. The molecule has 0 aliphatic carbocycles. The lowest BCUT2D eigenvalue weighted by Crippen LogP contribution is -2.49. The molecule has 0 fully saturated rings. The van der Waals surface area contributed by atoms with Crippen LogP contribution in [0, 0.1) is 11.6 Å². The molecule has 1 N–H and O–H groups in total. The molecule has 1 unspecified atom stereocenters. The molecule has 10 nitrogen and oxygen atoms in total. The SMILES string of the molecule is CN1C(OC(=O)NCOCC[Si](C)(C)C)=NC(C)(c2cc(C=C(F)c3cnc(Cl)cn3)cc(F)c2F)CS1(=O)=O. The maximum absolute atomic E-state index is 15.0. The van der Waals surface area contributed by atoms with E-state index in [1.807, 2.05) is 0 Å². The number of benzene rings is 1. The van der Waals surface area contributed by atoms with Crippen LogP contribution < -0.4 is 5.32 Å². The first-order valence-corrected chi connectivity index (χ1v) is 17.6. The first-order valence-electron chi connectivity index (χ1n) is 12.0. The van der Waals surface area contributed by atoms with Crippen LogP contribution in [-0.2, 0) is 25.0 Å². The number of aliphatic imine (C=N–C) groups is 1. The molecular weight excluding hydrogens is 591 g/mol. The summed E-state index contributed by atoms with van der Waals surface area (Å²) in [4.78, 5) is 24.0. The Kier molecular flexibility index (Phi) is 9.64. The standard InChI is InChI=1S/C24H29ClF3N5O5SSi/c1-24(16-8-15(10-18(27)21(16)28)9-17(26)19-11-30-20(25)12-29-19)13-39(35,36)33(2)22(32-24)38-23(34)31-14-37-6-7-40(3,4)5/h8-12H,6-7,13-14H2,1-5H3,(H,31,34). The second-order valence-electron chi connectivity index (χ2n) is 10.4. The Morgan fingerprint density at radius 1 is 1.25 bits per heavy atom. The average Bonchev–Trinajstić information content (AvgIpc) is 2.83. The van der Waals surface area contributed by atoms with Crippen molar-refractivity contribution >= 4 is 53.7 Å². The van der Waals surface area contributed by atoms with Gasteiger partial charge in [-0.25, -0.2) is 45.6 Å². The Hall–Kier alpha value is -3.01. The minimum absolute atomic E-state index is 0.0298. The number of sulfonamides is 1. The predicted molar refractivity (Wildman–Crippen MR) is 147 cm³/mol. The van der Waals surface area contributed by atoms with Gasteiger partial charge in [0.2, 0.25) is 10.0 Å². The second-order valence-corrected chi connectivity index (χ2v) is 18.4. The molecule has 0 saturated heterocycles. The average molecular weight is 620 g/mol. The third-order valence-electron chi connectivity index (χ3n) is 5.78.